The van der Waals surface area contributed by atoms with E-state index in [4.69, 9.17) is 0 Å². The van der Waals surface area contributed by atoms with Gasteiger partial charge in [0.2, 0.25) is 0 Å². The second-order valence-corrected chi connectivity index (χ2v) is 4.40. The Balaban J connectivity index is 2.11. The van der Waals surface area contributed by atoms with E-state index in [9.17, 15) is 0 Å². The van der Waals surface area contributed by atoms with E-state index < -0.39 is 0 Å². The predicted molar refractivity (Wildman–Crippen MR) is 76.0 cm³/mol. The fraction of sp³-hybridized carbons (Fsp3) is 0.357. The highest BCUT2D eigenvalue weighted by atomic mass is 15.3. The molecule has 0 saturated heterocycles. The van der Waals surface area contributed by atoms with Crippen molar-refractivity contribution in [2.75, 3.05) is 24.3 Å². The number of hydrogen-bond donors (Lipinski definition) is 1. The maximum atomic E-state index is 4.27. The molecule has 1 heterocycles. The minimum atomic E-state index is 0.790. The van der Waals surface area contributed by atoms with Crippen LogP contribution in [0.15, 0.2) is 36.5 Å². The molecule has 2 rings (SSSR count). The third kappa shape index (κ3) is 2.64. The van der Waals surface area contributed by atoms with E-state index in [-0.39, 0.29) is 0 Å². The standard InChI is InChI=1S/C14H20N4/c1-4-18-12(9-10-16-18)11-15-13-7-5-6-8-14(13)17(2)3/h5-10,15H,4,11H2,1-3H3. The number of anilines is 2. The van der Waals surface area contributed by atoms with Crippen molar-refractivity contribution >= 4 is 11.4 Å². The predicted octanol–water partition coefficient (Wildman–Crippen LogP) is 2.58. The van der Waals surface area contributed by atoms with Gasteiger partial charge in [-0.25, -0.2) is 0 Å². The lowest BCUT2D eigenvalue weighted by Gasteiger charge is -2.18. The Morgan fingerprint density at radius 2 is 2.00 bits per heavy atom. The zero-order chi connectivity index (χ0) is 13.0. The van der Waals surface area contributed by atoms with Crippen molar-refractivity contribution in [3.05, 3.63) is 42.2 Å². The summed E-state index contributed by atoms with van der Waals surface area (Å²) in [7, 11) is 4.10. The third-order valence-corrected chi connectivity index (χ3v) is 2.95. The van der Waals surface area contributed by atoms with Crippen LogP contribution in [-0.2, 0) is 13.1 Å². The molecule has 1 aromatic heterocycles. The van der Waals surface area contributed by atoms with Crippen LogP contribution in [0, 0.1) is 0 Å². The van der Waals surface area contributed by atoms with Crippen LogP contribution >= 0.6 is 0 Å². The molecule has 18 heavy (non-hydrogen) atoms. The number of nitrogens with zero attached hydrogens (tertiary/aromatic N) is 3. The fourth-order valence-corrected chi connectivity index (χ4v) is 1.99. The lowest BCUT2D eigenvalue weighted by molar-refractivity contribution is 0.627. The molecule has 0 amide bonds. The molecular formula is C14H20N4. The van der Waals surface area contributed by atoms with Gasteiger partial charge < -0.3 is 10.2 Å². The molecule has 2 aromatic rings. The van der Waals surface area contributed by atoms with Crippen molar-refractivity contribution in [2.45, 2.75) is 20.0 Å². The lowest BCUT2D eigenvalue weighted by atomic mass is 10.2. The van der Waals surface area contributed by atoms with E-state index in [1.165, 1.54) is 11.4 Å². The summed E-state index contributed by atoms with van der Waals surface area (Å²) in [5.74, 6) is 0. The number of aromatic nitrogens is 2. The maximum absolute atomic E-state index is 4.27. The average Bonchev–Trinajstić information content (AvgIpc) is 2.84. The van der Waals surface area contributed by atoms with Gasteiger partial charge >= 0.3 is 0 Å². The summed E-state index contributed by atoms with van der Waals surface area (Å²) in [6.45, 7) is 3.79. The second kappa shape index (κ2) is 5.58. The summed E-state index contributed by atoms with van der Waals surface area (Å²) in [5, 5.41) is 7.74. The molecule has 1 aromatic carbocycles. The topological polar surface area (TPSA) is 33.1 Å². The summed E-state index contributed by atoms with van der Waals surface area (Å²) in [6, 6.07) is 10.4. The van der Waals surface area contributed by atoms with Gasteiger partial charge in [0.15, 0.2) is 0 Å². The maximum Gasteiger partial charge on any atom is 0.0596 e. The summed E-state index contributed by atoms with van der Waals surface area (Å²) in [4.78, 5) is 2.11. The van der Waals surface area contributed by atoms with E-state index in [0.29, 0.717) is 0 Å². The summed E-state index contributed by atoms with van der Waals surface area (Å²) in [5.41, 5.74) is 3.54. The van der Waals surface area contributed by atoms with Crippen LogP contribution in [-0.4, -0.2) is 23.9 Å². The fourth-order valence-electron chi connectivity index (χ4n) is 1.99. The molecule has 0 fully saturated rings. The summed E-state index contributed by atoms with van der Waals surface area (Å²) in [6.07, 6.45) is 1.85. The average molecular weight is 244 g/mol. The van der Waals surface area contributed by atoms with E-state index in [1.54, 1.807) is 0 Å². The molecule has 1 N–H and O–H groups in total. The van der Waals surface area contributed by atoms with Crippen LogP contribution in [0.1, 0.15) is 12.6 Å². The second-order valence-electron chi connectivity index (χ2n) is 4.40. The van der Waals surface area contributed by atoms with Crippen LogP contribution in [0.3, 0.4) is 0 Å². The van der Waals surface area contributed by atoms with Crippen LogP contribution in [0.25, 0.3) is 0 Å². The van der Waals surface area contributed by atoms with Crippen molar-refractivity contribution < 1.29 is 0 Å². The first kappa shape index (κ1) is 12.5. The molecule has 0 unspecified atom stereocenters. The van der Waals surface area contributed by atoms with Gasteiger partial charge in [-0.1, -0.05) is 12.1 Å². The molecule has 0 spiro atoms. The largest absolute Gasteiger partial charge is 0.378 e. The molecule has 4 nitrogen and oxygen atoms in total. The van der Waals surface area contributed by atoms with Crippen molar-refractivity contribution in [1.29, 1.82) is 0 Å². The van der Waals surface area contributed by atoms with Gasteiger partial charge in [-0.15, -0.1) is 0 Å². The van der Waals surface area contributed by atoms with E-state index in [1.807, 2.05) is 16.9 Å². The van der Waals surface area contributed by atoms with Crippen LogP contribution < -0.4 is 10.2 Å². The van der Waals surface area contributed by atoms with Crippen molar-refractivity contribution in [2.24, 2.45) is 0 Å². The van der Waals surface area contributed by atoms with Crippen LogP contribution in [0.5, 0.6) is 0 Å². The Morgan fingerprint density at radius 3 is 2.72 bits per heavy atom. The molecule has 0 saturated carbocycles. The smallest absolute Gasteiger partial charge is 0.0596 e. The number of benzene rings is 1. The van der Waals surface area contributed by atoms with Gasteiger partial charge in [-0.2, -0.15) is 5.10 Å². The summed E-state index contributed by atoms with van der Waals surface area (Å²) >= 11 is 0. The number of hydrogen-bond acceptors (Lipinski definition) is 3. The summed E-state index contributed by atoms with van der Waals surface area (Å²) < 4.78 is 2.01. The Morgan fingerprint density at radius 1 is 1.22 bits per heavy atom. The number of aryl methyl sites for hydroxylation is 1. The molecule has 0 atom stereocenters. The normalized spacial score (nSPS) is 10.4. The third-order valence-electron chi connectivity index (χ3n) is 2.95. The molecule has 0 aliphatic carbocycles. The van der Waals surface area contributed by atoms with Crippen molar-refractivity contribution in [3.8, 4) is 0 Å². The lowest BCUT2D eigenvalue weighted by Crippen LogP contribution is -2.13. The SMILES string of the molecule is CCn1nccc1CNc1ccccc1N(C)C. The molecule has 0 radical (unpaired) electrons. The quantitative estimate of drug-likeness (QED) is 0.877. The number of para-hydroxylation sites is 2. The Hall–Kier alpha value is -1.97. The molecule has 0 aliphatic heterocycles. The van der Waals surface area contributed by atoms with E-state index in [2.05, 4.69) is 60.6 Å². The first-order valence-electron chi connectivity index (χ1n) is 6.23. The van der Waals surface area contributed by atoms with Crippen molar-refractivity contribution in [1.82, 2.24) is 9.78 Å². The van der Waals surface area contributed by atoms with Gasteiger partial charge in [0.25, 0.3) is 0 Å². The van der Waals surface area contributed by atoms with Gasteiger partial charge in [-0.3, -0.25) is 4.68 Å². The molecular weight excluding hydrogens is 224 g/mol. The molecule has 0 aliphatic rings. The van der Waals surface area contributed by atoms with Gasteiger partial charge in [0.05, 0.1) is 23.6 Å². The highest BCUT2D eigenvalue weighted by molar-refractivity contribution is 5.69. The zero-order valence-electron chi connectivity index (χ0n) is 11.2. The zero-order valence-corrected chi connectivity index (χ0v) is 11.2. The first-order chi connectivity index (χ1) is 8.72. The Labute approximate surface area is 108 Å². The van der Waals surface area contributed by atoms with E-state index >= 15 is 0 Å². The molecule has 0 bridgehead atoms. The first-order valence-corrected chi connectivity index (χ1v) is 6.23. The van der Waals surface area contributed by atoms with Crippen LogP contribution in [0.4, 0.5) is 11.4 Å². The number of rotatable bonds is 5. The van der Waals surface area contributed by atoms with Gasteiger partial charge in [0, 0.05) is 26.8 Å². The van der Waals surface area contributed by atoms with Crippen LogP contribution in [0.2, 0.25) is 0 Å². The van der Waals surface area contributed by atoms with E-state index in [0.717, 1.165) is 18.8 Å². The minimum absolute atomic E-state index is 0.790. The molecule has 4 heteroatoms. The number of nitrogens with one attached hydrogen (secondary N) is 1. The highest BCUT2D eigenvalue weighted by Gasteiger charge is 2.05. The Bertz CT molecular complexity index is 502. The Kier molecular flexibility index (Phi) is 3.87. The monoisotopic (exact) mass is 244 g/mol. The van der Waals surface area contributed by atoms with Gasteiger partial charge in [0.1, 0.15) is 0 Å². The van der Waals surface area contributed by atoms with Crippen molar-refractivity contribution in [3.63, 3.8) is 0 Å². The molecule has 96 valence electrons. The van der Waals surface area contributed by atoms with Gasteiger partial charge in [-0.05, 0) is 25.1 Å². The minimum Gasteiger partial charge on any atom is -0.378 e. The highest BCUT2D eigenvalue weighted by Crippen LogP contribution is 2.23.